The minimum atomic E-state index is -0.444. The molecule has 4 nitrogen and oxygen atoms in total. The van der Waals surface area contributed by atoms with Gasteiger partial charge in [0.25, 0.3) is 0 Å². The van der Waals surface area contributed by atoms with Gasteiger partial charge in [-0.05, 0) is 67.8 Å². The molecule has 0 aliphatic rings. The zero-order valence-electron chi connectivity index (χ0n) is 15.1. The molecule has 0 aliphatic heterocycles. The molecule has 0 bridgehead atoms. The summed E-state index contributed by atoms with van der Waals surface area (Å²) in [5.74, 6) is 0.295. The molecular weight excluding hydrogens is 314 g/mol. The molecule has 0 unspecified atom stereocenters. The van der Waals surface area contributed by atoms with Crippen molar-refractivity contribution in [3.8, 4) is 5.75 Å². The molecule has 0 aromatic heterocycles. The van der Waals surface area contributed by atoms with Gasteiger partial charge in [-0.25, -0.2) is 9.79 Å². The third kappa shape index (κ3) is 5.05. The fourth-order valence-corrected chi connectivity index (χ4v) is 2.40. The first-order chi connectivity index (χ1) is 12.0. The Morgan fingerprint density at radius 1 is 1.08 bits per heavy atom. The van der Waals surface area contributed by atoms with Gasteiger partial charge < -0.3 is 9.47 Å². The van der Waals surface area contributed by atoms with Crippen molar-refractivity contribution in [3.05, 3.63) is 65.2 Å². The van der Waals surface area contributed by atoms with Crippen molar-refractivity contribution < 1.29 is 14.3 Å². The molecule has 4 heteroatoms. The zero-order valence-corrected chi connectivity index (χ0v) is 15.1. The molecule has 0 aliphatic carbocycles. The van der Waals surface area contributed by atoms with Crippen molar-refractivity contribution in [1.82, 2.24) is 0 Å². The van der Waals surface area contributed by atoms with Gasteiger partial charge in [0.15, 0.2) is 0 Å². The molecule has 0 atom stereocenters. The van der Waals surface area contributed by atoms with Crippen LogP contribution >= 0.6 is 0 Å². The highest BCUT2D eigenvalue weighted by molar-refractivity contribution is 6.42. The van der Waals surface area contributed by atoms with Gasteiger partial charge in [0.2, 0.25) is 0 Å². The number of nitrogens with zero attached hydrogens (tertiary/aromatic N) is 1. The van der Waals surface area contributed by atoms with Crippen LogP contribution in [0.4, 0.5) is 5.69 Å². The third-order valence-corrected chi connectivity index (χ3v) is 3.76. The van der Waals surface area contributed by atoms with E-state index in [1.807, 2.05) is 38.1 Å². The largest absolute Gasteiger partial charge is 0.497 e. The van der Waals surface area contributed by atoms with Crippen LogP contribution in [0.15, 0.2) is 53.5 Å². The van der Waals surface area contributed by atoms with Crippen LogP contribution in [0.3, 0.4) is 0 Å². The Morgan fingerprint density at radius 3 is 2.28 bits per heavy atom. The maximum absolute atomic E-state index is 12.2. The molecule has 0 radical (unpaired) electrons. The fourth-order valence-electron chi connectivity index (χ4n) is 2.40. The van der Waals surface area contributed by atoms with Crippen molar-refractivity contribution in [2.75, 3.05) is 13.7 Å². The highest BCUT2D eigenvalue weighted by atomic mass is 16.5. The summed E-state index contributed by atoms with van der Waals surface area (Å²) in [6, 6.07) is 13.3. The molecule has 0 amide bonds. The first kappa shape index (κ1) is 18.5. The molecule has 0 N–H and O–H groups in total. The fraction of sp³-hybridized carbons (Fsp3) is 0.238. The normalized spacial score (nSPS) is 11.6. The third-order valence-electron chi connectivity index (χ3n) is 3.76. The average Bonchev–Trinajstić information content (AvgIpc) is 2.61. The van der Waals surface area contributed by atoms with Crippen molar-refractivity contribution >= 4 is 23.4 Å². The zero-order chi connectivity index (χ0) is 18.2. The van der Waals surface area contributed by atoms with Crippen molar-refractivity contribution in [2.24, 2.45) is 4.99 Å². The molecule has 0 saturated carbocycles. The summed E-state index contributed by atoms with van der Waals surface area (Å²) in [6.45, 7) is 6.16. The number of benzene rings is 2. The minimum absolute atomic E-state index is 0.259. The van der Waals surface area contributed by atoms with Gasteiger partial charge in [-0.3, -0.25) is 0 Å². The van der Waals surface area contributed by atoms with Crippen LogP contribution in [0.2, 0.25) is 0 Å². The second kappa shape index (κ2) is 8.83. The van der Waals surface area contributed by atoms with E-state index < -0.39 is 5.97 Å². The topological polar surface area (TPSA) is 47.9 Å². The Labute approximate surface area is 148 Å². The average molecular weight is 337 g/mol. The Morgan fingerprint density at radius 2 is 1.72 bits per heavy atom. The standard InChI is InChI=1S/C21H23NO3/c1-5-25-21(23)20(22-17-9-11-18(24-4)12-10-17)14-13-19-15(2)7-6-8-16(19)3/h6-14H,5H2,1-4H3/b14-13+,22-20?. The van der Waals surface area contributed by atoms with Crippen LogP contribution in [0.5, 0.6) is 5.75 Å². The van der Waals surface area contributed by atoms with E-state index in [0.29, 0.717) is 12.3 Å². The van der Waals surface area contributed by atoms with E-state index in [1.54, 1.807) is 44.4 Å². The van der Waals surface area contributed by atoms with Crippen molar-refractivity contribution in [2.45, 2.75) is 20.8 Å². The monoisotopic (exact) mass is 337 g/mol. The molecule has 0 saturated heterocycles. The van der Waals surface area contributed by atoms with Gasteiger partial charge in [-0.15, -0.1) is 0 Å². The number of rotatable bonds is 6. The van der Waals surface area contributed by atoms with Crippen LogP contribution in [-0.4, -0.2) is 25.4 Å². The Kier molecular flexibility index (Phi) is 6.52. The van der Waals surface area contributed by atoms with Crippen molar-refractivity contribution in [3.63, 3.8) is 0 Å². The lowest BCUT2D eigenvalue weighted by Gasteiger charge is -2.06. The number of carbonyl (C=O) groups excluding carboxylic acids is 1. The smallest absolute Gasteiger partial charge is 0.356 e. The SMILES string of the molecule is CCOC(=O)C(/C=C/c1c(C)cccc1C)=Nc1ccc(OC)cc1. The lowest BCUT2D eigenvalue weighted by molar-refractivity contribution is -0.134. The van der Waals surface area contributed by atoms with Gasteiger partial charge in [0, 0.05) is 0 Å². The summed E-state index contributed by atoms with van der Waals surface area (Å²) in [5.41, 5.74) is 4.28. The summed E-state index contributed by atoms with van der Waals surface area (Å²) >= 11 is 0. The summed E-state index contributed by atoms with van der Waals surface area (Å²) in [6.07, 6.45) is 3.61. The quantitative estimate of drug-likeness (QED) is 0.569. The van der Waals surface area contributed by atoms with E-state index in [4.69, 9.17) is 9.47 Å². The van der Waals surface area contributed by atoms with Crippen LogP contribution < -0.4 is 4.74 Å². The molecule has 0 spiro atoms. The number of carbonyl (C=O) groups is 1. The van der Waals surface area contributed by atoms with Crippen molar-refractivity contribution in [1.29, 1.82) is 0 Å². The number of aryl methyl sites for hydroxylation is 2. The highest BCUT2D eigenvalue weighted by Gasteiger charge is 2.10. The van der Waals surface area contributed by atoms with E-state index in [-0.39, 0.29) is 5.71 Å². The minimum Gasteiger partial charge on any atom is -0.497 e. The number of ether oxygens (including phenoxy) is 2. The number of methoxy groups -OCH3 is 1. The predicted molar refractivity (Wildman–Crippen MR) is 102 cm³/mol. The number of aliphatic imine (C=N–C) groups is 1. The van der Waals surface area contributed by atoms with Gasteiger partial charge in [0.1, 0.15) is 11.5 Å². The number of hydrogen-bond donors (Lipinski definition) is 0. The van der Waals surface area contributed by atoms with Gasteiger partial charge in [-0.1, -0.05) is 24.3 Å². The summed E-state index contributed by atoms with van der Waals surface area (Å²) in [7, 11) is 1.61. The Bertz CT molecular complexity index is 769. The van der Waals surface area contributed by atoms with E-state index in [9.17, 15) is 4.79 Å². The summed E-state index contributed by atoms with van der Waals surface area (Å²) < 4.78 is 10.3. The summed E-state index contributed by atoms with van der Waals surface area (Å²) in [4.78, 5) is 16.7. The van der Waals surface area contributed by atoms with Crippen LogP contribution in [0.25, 0.3) is 6.08 Å². The molecular formula is C21H23NO3. The van der Waals surface area contributed by atoms with E-state index in [2.05, 4.69) is 4.99 Å². The van der Waals surface area contributed by atoms with Crippen LogP contribution in [0.1, 0.15) is 23.6 Å². The second-order valence-corrected chi connectivity index (χ2v) is 5.55. The van der Waals surface area contributed by atoms with Gasteiger partial charge in [-0.2, -0.15) is 0 Å². The Hall–Kier alpha value is -2.88. The first-order valence-corrected chi connectivity index (χ1v) is 8.19. The lowest BCUT2D eigenvalue weighted by atomic mass is 10.0. The molecule has 0 heterocycles. The lowest BCUT2D eigenvalue weighted by Crippen LogP contribution is -2.15. The molecule has 2 aromatic rings. The van der Waals surface area contributed by atoms with Crippen LogP contribution in [-0.2, 0) is 9.53 Å². The molecule has 2 rings (SSSR count). The number of esters is 1. The molecule has 0 fully saturated rings. The Balaban J connectivity index is 2.36. The summed E-state index contributed by atoms with van der Waals surface area (Å²) in [5, 5.41) is 0. The van der Waals surface area contributed by atoms with E-state index in [1.165, 1.54) is 0 Å². The van der Waals surface area contributed by atoms with Gasteiger partial charge in [0.05, 0.1) is 19.4 Å². The highest BCUT2D eigenvalue weighted by Crippen LogP contribution is 2.19. The molecule has 130 valence electrons. The predicted octanol–water partition coefficient (Wildman–Crippen LogP) is 4.66. The van der Waals surface area contributed by atoms with Gasteiger partial charge >= 0.3 is 5.97 Å². The number of hydrogen-bond acceptors (Lipinski definition) is 4. The maximum Gasteiger partial charge on any atom is 0.356 e. The van der Waals surface area contributed by atoms with E-state index in [0.717, 1.165) is 22.4 Å². The van der Waals surface area contributed by atoms with E-state index >= 15 is 0 Å². The maximum atomic E-state index is 12.2. The molecule has 25 heavy (non-hydrogen) atoms. The first-order valence-electron chi connectivity index (χ1n) is 8.19. The second-order valence-electron chi connectivity index (χ2n) is 5.55. The molecule has 2 aromatic carbocycles. The van der Waals surface area contributed by atoms with Crippen LogP contribution in [0, 0.1) is 13.8 Å².